The average Bonchev–Trinajstić information content (AvgIpc) is 2.69. The Morgan fingerprint density at radius 1 is 0.577 bits per heavy atom. The van der Waals surface area contributed by atoms with Crippen LogP contribution >= 0.6 is 0 Å². The Kier molecular flexibility index (Phi) is 18.7. The molecule has 26 heavy (non-hydrogen) atoms. The van der Waals surface area contributed by atoms with Crippen molar-refractivity contribution in [2.75, 3.05) is 13.2 Å². The molecule has 2 heteroatoms. The van der Waals surface area contributed by atoms with Crippen molar-refractivity contribution in [1.82, 2.24) is 0 Å². The zero-order chi connectivity index (χ0) is 18.0. The molecule has 0 saturated carbocycles. The van der Waals surface area contributed by atoms with Gasteiger partial charge in [-0.3, -0.25) is 0 Å². The summed E-state index contributed by atoms with van der Waals surface area (Å²) in [6.45, 7) is 6.44. The van der Waals surface area contributed by atoms with Crippen LogP contribution < -0.4 is 29.6 Å². The molecule has 0 aromatic heterocycles. The van der Waals surface area contributed by atoms with Crippen LogP contribution in [0.1, 0.15) is 66.6 Å². The summed E-state index contributed by atoms with van der Waals surface area (Å²) in [5, 5.41) is 0. The van der Waals surface area contributed by atoms with Gasteiger partial charge < -0.3 is 6.16 Å². The number of rotatable bonds is 11. The van der Waals surface area contributed by atoms with Crippen molar-refractivity contribution in [2.24, 2.45) is 0 Å². The van der Waals surface area contributed by atoms with E-state index in [2.05, 4.69) is 62.4 Å². The first-order valence-electron chi connectivity index (χ1n) is 10.1. The third kappa shape index (κ3) is 13.6. The summed E-state index contributed by atoms with van der Waals surface area (Å²) in [6, 6.07) is 20.8. The monoisotopic (exact) mass is 364 g/mol. The van der Waals surface area contributed by atoms with Crippen molar-refractivity contribution >= 4 is 0 Å². The van der Waals surface area contributed by atoms with Crippen LogP contribution in [0.3, 0.4) is 0 Å². The molecule has 0 aliphatic carbocycles. The van der Waals surface area contributed by atoms with Crippen LogP contribution in [0.25, 0.3) is 11.1 Å². The van der Waals surface area contributed by atoms with Crippen LogP contribution in [0.2, 0.25) is 0 Å². The molecule has 140 valence electrons. The van der Waals surface area contributed by atoms with Gasteiger partial charge in [-0.1, -0.05) is 113 Å². The van der Waals surface area contributed by atoms with Crippen LogP contribution in [0.5, 0.6) is 0 Å². The Morgan fingerprint density at radius 3 is 1.31 bits per heavy atom. The molecule has 0 atom stereocenters. The molecule has 0 spiro atoms. The quantitative estimate of drug-likeness (QED) is 0.417. The molecule has 0 radical (unpaired) electrons. The first-order chi connectivity index (χ1) is 12.4. The van der Waals surface area contributed by atoms with Crippen LogP contribution in [-0.2, 0) is 4.74 Å². The first kappa shape index (κ1) is 25.4. The molecule has 0 fully saturated rings. The van der Waals surface area contributed by atoms with Crippen molar-refractivity contribution in [2.45, 2.75) is 65.2 Å². The van der Waals surface area contributed by atoms with Crippen LogP contribution in [0, 0.1) is 0 Å². The number of hydrogen-bond donors (Lipinski definition) is 0. The summed E-state index contributed by atoms with van der Waals surface area (Å²) < 4.78 is 5.53. The predicted molar refractivity (Wildman–Crippen MR) is 112 cm³/mol. The first-order valence-corrected chi connectivity index (χ1v) is 10.1. The van der Waals surface area contributed by atoms with Gasteiger partial charge in [0.15, 0.2) is 0 Å². The van der Waals surface area contributed by atoms with E-state index in [9.17, 15) is 0 Å². The Bertz CT molecular complexity index is 457. The fraction of sp³-hybridized carbons (Fsp3) is 0.500. The Balaban J connectivity index is 0. The minimum atomic E-state index is 0. The summed E-state index contributed by atoms with van der Waals surface area (Å²) in [6.07, 6.45) is 10.5. The zero-order valence-electron chi connectivity index (χ0n) is 18.3. The normalized spacial score (nSPS) is 9.77. The maximum atomic E-state index is 5.53. The van der Waals surface area contributed by atoms with E-state index in [-0.39, 0.29) is 31.0 Å². The molecule has 0 saturated heterocycles. The molecule has 0 N–H and O–H groups in total. The van der Waals surface area contributed by atoms with E-state index in [1.54, 1.807) is 0 Å². The van der Waals surface area contributed by atoms with Gasteiger partial charge in [0.05, 0.1) is 0 Å². The van der Waals surface area contributed by atoms with Gasteiger partial charge in [0.25, 0.3) is 0 Å². The molecule has 2 aromatic rings. The maximum absolute atomic E-state index is 5.53. The minimum Gasteiger partial charge on any atom is -1.00 e. The summed E-state index contributed by atoms with van der Waals surface area (Å²) in [4.78, 5) is 0. The second-order valence-electron chi connectivity index (χ2n) is 6.47. The van der Waals surface area contributed by atoms with Crippen LogP contribution in [-0.4, -0.2) is 13.2 Å². The van der Waals surface area contributed by atoms with Crippen molar-refractivity contribution < 1.29 is 35.7 Å². The minimum absolute atomic E-state index is 0. The molecule has 0 heterocycles. The summed E-state index contributed by atoms with van der Waals surface area (Å²) in [5.41, 5.74) is 2.55. The average molecular weight is 365 g/mol. The van der Waals surface area contributed by atoms with Crippen molar-refractivity contribution in [3.63, 3.8) is 0 Å². The topological polar surface area (TPSA) is 9.23 Å². The second kappa shape index (κ2) is 19.2. The van der Waals surface area contributed by atoms with Gasteiger partial charge >= 0.3 is 29.6 Å². The number of ether oxygens (including phenoxy) is 1. The van der Waals surface area contributed by atoms with Crippen molar-refractivity contribution in [1.29, 1.82) is 0 Å². The third-order valence-electron chi connectivity index (χ3n) is 4.17. The summed E-state index contributed by atoms with van der Waals surface area (Å²) in [5.74, 6) is 0. The molecule has 0 aliphatic heterocycles. The van der Waals surface area contributed by atoms with Crippen LogP contribution in [0.15, 0.2) is 60.7 Å². The van der Waals surface area contributed by atoms with Gasteiger partial charge in [0.1, 0.15) is 0 Å². The molecule has 1 nitrogen and oxygen atoms in total. The number of unbranched alkanes of at least 4 members (excludes halogenated alkanes) is 6. The van der Waals surface area contributed by atoms with Crippen LogP contribution in [0.4, 0.5) is 0 Å². The van der Waals surface area contributed by atoms with E-state index < -0.39 is 0 Å². The summed E-state index contributed by atoms with van der Waals surface area (Å²) >= 11 is 0. The molecule has 2 rings (SSSR count). The fourth-order valence-electron chi connectivity index (χ4n) is 2.63. The Labute approximate surface area is 185 Å². The maximum Gasteiger partial charge on any atom is 1.00 e. The van der Waals surface area contributed by atoms with Gasteiger partial charge in [-0.25, -0.2) is 0 Å². The van der Waals surface area contributed by atoms with Crippen molar-refractivity contribution in [3.05, 3.63) is 60.7 Å². The molecule has 0 bridgehead atoms. The Hall–Kier alpha value is -0.600. The van der Waals surface area contributed by atoms with E-state index in [4.69, 9.17) is 4.74 Å². The van der Waals surface area contributed by atoms with Gasteiger partial charge in [0, 0.05) is 13.2 Å². The van der Waals surface area contributed by atoms with E-state index in [0.29, 0.717) is 0 Å². The SMILES string of the molecule is CCCCCCOCCCCCC.[H-].[Na+].c1ccc(-c2ccccc2)cc1. The van der Waals surface area contributed by atoms with E-state index >= 15 is 0 Å². The van der Waals surface area contributed by atoms with E-state index in [1.165, 1.54) is 62.5 Å². The predicted octanol–water partition coefficient (Wildman–Crippen LogP) is 4.63. The third-order valence-corrected chi connectivity index (χ3v) is 4.17. The smallest absolute Gasteiger partial charge is 1.00 e. The van der Waals surface area contributed by atoms with Gasteiger partial charge in [-0.05, 0) is 24.0 Å². The van der Waals surface area contributed by atoms with Gasteiger partial charge in [-0.15, -0.1) is 0 Å². The standard InChI is InChI=1S/C12H26O.C12H10.Na.H/c1-3-5-7-9-11-13-12-10-8-6-4-2;1-3-7-11(8-4-1)12-9-5-2-6-10-12;;/h3-12H2,1-2H3;1-10H;;/q;;+1;-1. The van der Waals surface area contributed by atoms with Gasteiger partial charge in [0.2, 0.25) is 0 Å². The molecule has 0 unspecified atom stereocenters. The molecule has 0 amide bonds. The zero-order valence-corrected chi connectivity index (χ0v) is 19.3. The Morgan fingerprint density at radius 2 is 0.962 bits per heavy atom. The molecule has 2 aromatic carbocycles. The van der Waals surface area contributed by atoms with E-state index in [1.807, 2.05) is 12.1 Å². The summed E-state index contributed by atoms with van der Waals surface area (Å²) in [7, 11) is 0. The fourth-order valence-corrected chi connectivity index (χ4v) is 2.63. The molecular formula is C24H37NaO. The second-order valence-corrected chi connectivity index (χ2v) is 6.47. The van der Waals surface area contributed by atoms with Gasteiger partial charge in [-0.2, -0.15) is 0 Å². The molecular weight excluding hydrogens is 327 g/mol. The largest absolute Gasteiger partial charge is 1.00 e. The van der Waals surface area contributed by atoms with Crippen molar-refractivity contribution in [3.8, 4) is 11.1 Å². The van der Waals surface area contributed by atoms with E-state index in [0.717, 1.165) is 13.2 Å². The number of hydrogen-bond acceptors (Lipinski definition) is 1. The molecule has 0 aliphatic rings. The number of benzene rings is 2.